The Morgan fingerprint density at radius 3 is 2.07 bits per heavy atom. The van der Waals surface area contributed by atoms with Crippen LogP contribution in [0, 0.1) is 0 Å². The lowest BCUT2D eigenvalue weighted by Crippen LogP contribution is -2.04. The van der Waals surface area contributed by atoms with Crippen molar-refractivity contribution >= 4 is 5.97 Å². The van der Waals surface area contributed by atoms with Gasteiger partial charge in [-0.15, -0.1) is 0 Å². The molecule has 0 aromatic heterocycles. The smallest absolute Gasteiger partial charge is 0.303 e. The van der Waals surface area contributed by atoms with Crippen molar-refractivity contribution < 1.29 is 14.6 Å². The van der Waals surface area contributed by atoms with E-state index in [4.69, 9.17) is 4.74 Å². The molecular weight excluding hydrogens is 192 g/mol. The van der Waals surface area contributed by atoms with Crippen LogP contribution in [-0.4, -0.2) is 11.1 Å². The van der Waals surface area contributed by atoms with E-state index in [1.54, 1.807) is 6.92 Å². The highest BCUT2D eigenvalue weighted by molar-refractivity contribution is 5.66. The monoisotopic (exact) mass is 208 g/mol. The molecule has 0 unspecified atom stereocenters. The van der Waals surface area contributed by atoms with Crippen LogP contribution in [0.2, 0.25) is 0 Å². The average Bonchev–Trinajstić information content (AvgIpc) is 2.17. The minimum atomic E-state index is -0.469. The molecule has 0 bridgehead atoms. The van der Waals surface area contributed by atoms with Crippen LogP contribution in [0.25, 0.3) is 0 Å². The fourth-order valence-corrected chi connectivity index (χ4v) is 1.36. The molecule has 0 fully saturated rings. The van der Waals surface area contributed by atoms with E-state index in [1.807, 2.05) is 31.2 Å². The number of hydrogen-bond donors (Lipinski definition) is 1. The fraction of sp³-hybridized carbons (Fsp3) is 0.417. The molecule has 3 heteroatoms. The molecule has 0 saturated carbocycles. The highest BCUT2D eigenvalue weighted by Gasteiger charge is 2.08. The van der Waals surface area contributed by atoms with E-state index >= 15 is 0 Å². The van der Waals surface area contributed by atoms with Crippen LogP contribution < -0.4 is 0 Å². The molecule has 0 saturated heterocycles. The van der Waals surface area contributed by atoms with E-state index in [2.05, 4.69) is 0 Å². The summed E-state index contributed by atoms with van der Waals surface area (Å²) in [6.07, 6.45) is -0.714. The molecule has 1 N–H and O–H groups in total. The van der Waals surface area contributed by atoms with Crippen LogP contribution in [0.4, 0.5) is 0 Å². The Kier molecular flexibility index (Phi) is 3.86. The maximum Gasteiger partial charge on any atom is 0.303 e. The number of esters is 1. The van der Waals surface area contributed by atoms with Gasteiger partial charge in [-0.3, -0.25) is 4.79 Å². The number of ether oxygens (including phenoxy) is 1. The van der Waals surface area contributed by atoms with Crippen molar-refractivity contribution in [2.45, 2.75) is 33.0 Å². The molecule has 1 aromatic rings. The van der Waals surface area contributed by atoms with E-state index in [0.29, 0.717) is 0 Å². The second kappa shape index (κ2) is 4.94. The van der Waals surface area contributed by atoms with E-state index in [0.717, 1.165) is 11.1 Å². The number of rotatable bonds is 3. The van der Waals surface area contributed by atoms with Crippen molar-refractivity contribution in [1.82, 2.24) is 0 Å². The second-order valence-electron chi connectivity index (χ2n) is 3.59. The first-order valence-corrected chi connectivity index (χ1v) is 4.96. The number of aliphatic hydroxyl groups is 1. The lowest BCUT2D eigenvalue weighted by molar-refractivity contribution is -0.145. The summed E-state index contributed by atoms with van der Waals surface area (Å²) in [5, 5.41) is 9.31. The van der Waals surface area contributed by atoms with Crippen LogP contribution in [0.1, 0.15) is 44.1 Å². The molecule has 82 valence electrons. The summed E-state index contributed by atoms with van der Waals surface area (Å²) in [5.41, 5.74) is 1.78. The predicted molar refractivity (Wildman–Crippen MR) is 57.3 cm³/mol. The molecule has 0 aliphatic rings. The van der Waals surface area contributed by atoms with Gasteiger partial charge in [0, 0.05) is 6.92 Å². The van der Waals surface area contributed by atoms with Crippen LogP contribution in [0.15, 0.2) is 24.3 Å². The first-order chi connectivity index (χ1) is 7.00. The van der Waals surface area contributed by atoms with Crippen molar-refractivity contribution in [2.24, 2.45) is 0 Å². The van der Waals surface area contributed by atoms with Crippen LogP contribution in [0.5, 0.6) is 0 Å². The van der Waals surface area contributed by atoms with Gasteiger partial charge in [-0.05, 0) is 25.0 Å². The summed E-state index contributed by atoms with van der Waals surface area (Å²) < 4.78 is 5.04. The maximum absolute atomic E-state index is 10.7. The van der Waals surface area contributed by atoms with Crippen molar-refractivity contribution in [3.63, 3.8) is 0 Å². The molecule has 3 nitrogen and oxygen atoms in total. The van der Waals surface area contributed by atoms with Crippen molar-refractivity contribution in [3.05, 3.63) is 35.4 Å². The summed E-state index contributed by atoms with van der Waals surface area (Å²) in [5.74, 6) is -0.290. The average molecular weight is 208 g/mol. The van der Waals surface area contributed by atoms with Crippen LogP contribution in [0.3, 0.4) is 0 Å². The first-order valence-electron chi connectivity index (χ1n) is 4.96. The summed E-state index contributed by atoms with van der Waals surface area (Å²) in [4.78, 5) is 10.7. The van der Waals surface area contributed by atoms with Crippen LogP contribution in [-0.2, 0) is 9.53 Å². The standard InChI is InChI=1S/C12H16O3/c1-8(13)11-4-6-12(7-5-11)9(2)15-10(3)14/h4-9,13H,1-3H3/t8-,9+/m1/s1. The lowest BCUT2D eigenvalue weighted by atomic mass is 10.1. The number of carbonyl (C=O) groups excluding carboxylic acids is 1. The molecule has 0 aliphatic heterocycles. The third-order valence-electron chi connectivity index (χ3n) is 2.23. The Morgan fingerprint density at radius 2 is 1.67 bits per heavy atom. The van der Waals surface area contributed by atoms with E-state index < -0.39 is 6.10 Å². The molecule has 1 rings (SSSR count). The Labute approximate surface area is 89.7 Å². The normalized spacial score (nSPS) is 14.4. The van der Waals surface area contributed by atoms with Gasteiger partial charge in [0.2, 0.25) is 0 Å². The number of carbonyl (C=O) groups is 1. The molecule has 0 radical (unpaired) electrons. The lowest BCUT2D eigenvalue weighted by Gasteiger charge is -2.13. The largest absolute Gasteiger partial charge is 0.458 e. The molecule has 0 amide bonds. The Morgan fingerprint density at radius 1 is 1.20 bits per heavy atom. The van der Waals surface area contributed by atoms with Gasteiger partial charge in [0.25, 0.3) is 0 Å². The molecule has 15 heavy (non-hydrogen) atoms. The molecule has 1 aromatic carbocycles. The van der Waals surface area contributed by atoms with E-state index in [-0.39, 0.29) is 12.1 Å². The van der Waals surface area contributed by atoms with Crippen LogP contribution >= 0.6 is 0 Å². The van der Waals surface area contributed by atoms with Gasteiger partial charge in [-0.25, -0.2) is 0 Å². The fourth-order valence-electron chi connectivity index (χ4n) is 1.36. The third-order valence-corrected chi connectivity index (χ3v) is 2.23. The molecule has 0 aliphatic carbocycles. The molecule has 2 atom stereocenters. The molecule has 0 spiro atoms. The van der Waals surface area contributed by atoms with E-state index in [9.17, 15) is 9.90 Å². The molecule has 0 heterocycles. The highest BCUT2D eigenvalue weighted by atomic mass is 16.5. The third kappa shape index (κ3) is 3.36. The first kappa shape index (κ1) is 11.7. The van der Waals surface area contributed by atoms with Crippen molar-refractivity contribution in [1.29, 1.82) is 0 Å². The number of aliphatic hydroxyl groups excluding tert-OH is 1. The van der Waals surface area contributed by atoms with Gasteiger partial charge in [0.05, 0.1) is 6.10 Å². The topological polar surface area (TPSA) is 46.5 Å². The van der Waals surface area contributed by atoms with Crippen molar-refractivity contribution in [3.8, 4) is 0 Å². The Hall–Kier alpha value is -1.35. The van der Waals surface area contributed by atoms with Gasteiger partial charge in [-0.2, -0.15) is 0 Å². The Bertz CT molecular complexity index is 327. The van der Waals surface area contributed by atoms with Gasteiger partial charge < -0.3 is 9.84 Å². The van der Waals surface area contributed by atoms with Gasteiger partial charge >= 0.3 is 5.97 Å². The maximum atomic E-state index is 10.7. The quantitative estimate of drug-likeness (QED) is 0.776. The van der Waals surface area contributed by atoms with Crippen molar-refractivity contribution in [2.75, 3.05) is 0 Å². The zero-order valence-corrected chi connectivity index (χ0v) is 9.23. The SMILES string of the molecule is CC(=O)O[C@@H](C)c1ccc([C@@H](C)O)cc1. The van der Waals surface area contributed by atoms with Gasteiger partial charge in [0.15, 0.2) is 0 Å². The summed E-state index contributed by atoms with van der Waals surface area (Å²) in [6.45, 7) is 4.92. The zero-order chi connectivity index (χ0) is 11.4. The minimum absolute atomic E-state index is 0.245. The summed E-state index contributed by atoms with van der Waals surface area (Å²) >= 11 is 0. The zero-order valence-electron chi connectivity index (χ0n) is 9.23. The predicted octanol–water partition coefficient (Wildman–Crippen LogP) is 2.36. The Balaban J connectivity index is 2.75. The number of hydrogen-bond acceptors (Lipinski definition) is 3. The summed E-state index contributed by atoms with van der Waals surface area (Å²) in [6, 6.07) is 7.38. The van der Waals surface area contributed by atoms with Gasteiger partial charge in [-0.1, -0.05) is 24.3 Å². The van der Waals surface area contributed by atoms with E-state index in [1.165, 1.54) is 6.92 Å². The van der Waals surface area contributed by atoms with Gasteiger partial charge in [0.1, 0.15) is 6.10 Å². The minimum Gasteiger partial charge on any atom is -0.458 e. The highest BCUT2D eigenvalue weighted by Crippen LogP contribution is 2.19. The number of benzene rings is 1. The second-order valence-corrected chi connectivity index (χ2v) is 3.59. The summed E-state index contributed by atoms with van der Waals surface area (Å²) in [7, 11) is 0. The molecular formula is C12H16O3.